The molecule has 1 unspecified atom stereocenters. The van der Waals surface area contributed by atoms with Gasteiger partial charge in [-0.1, -0.05) is 26.0 Å². The molecule has 0 bridgehead atoms. The highest BCUT2D eigenvalue weighted by molar-refractivity contribution is 7.91. The van der Waals surface area contributed by atoms with E-state index < -0.39 is 20.5 Å². The zero-order valence-electron chi connectivity index (χ0n) is 11.5. The zero-order chi connectivity index (χ0) is 15.3. The van der Waals surface area contributed by atoms with E-state index in [9.17, 15) is 17.2 Å². The standard InChI is InChI=1S/C13H20F2N2O2S/c1-9(2)7-10(8-16)17-11-5-3-4-6-12(11)20(18,19)13(14)15/h3-6,9-10,13,17H,7-8,16H2,1-2H3. The summed E-state index contributed by atoms with van der Waals surface area (Å²) in [5.41, 5.74) is 5.80. The normalized spacial score (nSPS) is 13.8. The van der Waals surface area contributed by atoms with E-state index in [1.807, 2.05) is 13.8 Å². The lowest BCUT2D eigenvalue weighted by molar-refractivity contribution is 0.235. The first-order valence-electron chi connectivity index (χ1n) is 6.36. The summed E-state index contributed by atoms with van der Waals surface area (Å²) < 4.78 is 48.6. The molecule has 7 heteroatoms. The van der Waals surface area contributed by atoms with Gasteiger partial charge in [-0.15, -0.1) is 0 Å². The molecule has 0 amide bonds. The lowest BCUT2D eigenvalue weighted by Crippen LogP contribution is -2.31. The molecule has 1 aromatic rings. The number of halogens is 2. The summed E-state index contributed by atoms with van der Waals surface area (Å²) in [5.74, 6) is -3.08. The lowest BCUT2D eigenvalue weighted by atomic mass is 10.0. The monoisotopic (exact) mass is 306 g/mol. The fourth-order valence-corrected chi connectivity index (χ4v) is 2.83. The van der Waals surface area contributed by atoms with Gasteiger partial charge in [0.05, 0.1) is 10.6 Å². The second-order valence-corrected chi connectivity index (χ2v) is 6.89. The minimum absolute atomic E-state index is 0.163. The Balaban J connectivity index is 3.08. The van der Waals surface area contributed by atoms with Crippen molar-refractivity contribution in [3.05, 3.63) is 24.3 Å². The quantitative estimate of drug-likeness (QED) is 0.811. The predicted molar refractivity (Wildman–Crippen MR) is 75.6 cm³/mol. The summed E-state index contributed by atoms with van der Waals surface area (Å²) >= 11 is 0. The molecule has 0 saturated carbocycles. The predicted octanol–water partition coefficient (Wildman–Crippen LogP) is 2.47. The highest BCUT2D eigenvalue weighted by atomic mass is 32.2. The third-order valence-electron chi connectivity index (χ3n) is 2.83. The van der Waals surface area contributed by atoms with Crippen LogP contribution in [-0.2, 0) is 9.84 Å². The molecule has 1 atom stereocenters. The molecule has 0 radical (unpaired) electrons. The Morgan fingerprint density at radius 2 is 1.85 bits per heavy atom. The van der Waals surface area contributed by atoms with Crippen LogP contribution in [-0.4, -0.2) is 26.8 Å². The lowest BCUT2D eigenvalue weighted by Gasteiger charge is -2.21. The summed E-state index contributed by atoms with van der Waals surface area (Å²) in [5, 5.41) is 2.95. The topological polar surface area (TPSA) is 72.2 Å². The zero-order valence-corrected chi connectivity index (χ0v) is 12.3. The summed E-state index contributed by atoms with van der Waals surface area (Å²) in [6.07, 6.45) is 0.722. The third-order valence-corrected chi connectivity index (χ3v) is 4.27. The van der Waals surface area contributed by atoms with Crippen LogP contribution in [0.2, 0.25) is 0 Å². The Kier molecular flexibility index (Phi) is 5.88. The van der Waals surface area contributed by atoms with Gasteiger partial charge in [-0.05, 0) is 24.5 Å². The molecule has 20 heavy (non-hydrogen) atoms. The van der Waals surface area contributed by atoms with Crippen LogP contribution in [0, 0.1) is 5.92 Å². The van der Waals surface area contributed by atoms with Gasteiger partial charge in [-0.25, -0.2) is 8.42 Å². The number of rotatable bonds is 7. The average molecular weight is 306 g/mol. The van der Waals surface area contributed by atoms with Crippen molar-refractivity contribution in [3.8, 4) is 0 Å². The molecule has 114 valence electrons. The van der Waals surface area contributed by atoms with Gasteiger partial charge in [0, 0.05) is 12.6 Å². The van der Waals surface area contributed by atoms with Crippen LogP contribution in [0.3, 0.4) is 0 Å². The number of alkyl halides is 2. The highest BCUT2D eigenvalue weighted by Gasteiger charge is 2.29. The van der Waals surface area contributed by atoms with Crippen molar-refractivity contribution >= 4 is 15.5 Å². The summed E-state index contributed by atoms with van der Waals surface area (Å²) in [4.78, 5) is -0.391. The van der Waals surface area contributed by atoms with Gasteiger partial charge in [-0.3, -0.25) is 0 Å². The molecular formula is C13H20F2N2O2S. The van der Waals surface area contributed by atoms with Crippen LogP contribution < -0.4 is 11.1 Å². The third kappa shape index (κ3) is 4.14. The Bertz CT molecular complexity index is 533. The van der Waals surface area contributed by atoms with E-state index in [1.165, 1.54) is 18.2 Å². The average Bonchev–Trinajstić information content (AvgIpc) is 2.37. The van der Waals surface area contributed by atoms with Crippen LogP contribution in [0.15, 0.2) is 29.2 Å². The van der Waals surface area contributed by atoms with Crippen LogP contribution in [0.1, 0.15) is 20.3 Å². The molecule has 0 aliphatic heterocycles. The van der Waals surface area contributed by atoms with E-state index in [1.54, 1.807) is 6.07 Å². The van der Waals surface area contributed by atoms with E-state index in [0.29, 0.717) is 12.5 Å². The van der Waals surface area contributed by atoms with E-state index in [-0.39, 0.29) is 11.7 Å². The largest absolute Gasteiger partial charge is 0.380 e. The van der Waals surface area contributed by atoms with Gasteiger partial charge in [0.25, 0.3) is 0 Å². The molecule has 0 aliphatic carbocycles. The minimum Gasteiger partial charge on any atom is -0.380 e. The first kappa shape index (κ1) is 16.8. The number of hydrogen-bond donors (Lipinski definition) is 2. The summed E-state index contributed by atoms with van der Waals surface area (Å²) in [6, 6.07) is 5.49. The summed E-state index contributed by atoms with van der Waals surface area (Å²) in [6.45, 7) is 4.31. The summed E-state index contributed by atoms with van der Waals surface area (Å²) in [7, 11) is -4.63. The Labute approximate surface area is 118 Å². The van der Waals surface area contributed by atoms with Crippen molar-refractivity contribution in [1.29, 1.82) is 0 Å². The number of anilines is 1. The Morgan fingerprint density at radius 3 is 2.35 bits per heavy atom. The van der Waals surface area contributed by atoms with Crippen molar-refractivity contribution in [2.45, 2.75) is 37.0 Å². The molecule has 0 heterocycles. The number of hydrogen-bond acceptors (Lipinski definition) is 4. The van der Waals surface area contributed by atoms with Gasteiger partial charge in [0.15, 0.2) is 0 Å². The SMILES string of the molecule is CC(C)CC(CN)Nc1ccccc1S(=O)(=O)C(F)F. The van der Waals surface area contributed by atoms with Crippen molar-refractivity contribution in [2.75, 3.05) is 11.9 Å². The number of sulfone groups is 1. The molecular weight excluding hydrogens is 286 g/mol. The van der Waals surface area contributed by atoms with E-state index in [2.05, 4.69) is 5.32 Å². The van der Waals surface area contributed by atoms with Crippen LogP contribution in [0.5, 0.6) is 0 Å². The van der Waals surface area contributed by atoms with E-state index in [4.69, 9.17) is 5.73 Å². The van der Waals surface area contributed by atoms with E-state index in [0.717, 1.165) is 6.42 Å². The fourth-order valence-electron chi connectivity index (χ4n) is 1.93. The fraction of sp³-hybridized carbons (Fsp3) is 0.538. The van der Waals surface area contributed by atoms with Crippen LogP contribution in [0.25, 0.3) is 0 Å². The van der Waals surface area contributed by atoms with Gasteiger partial charge < -0.3 is 11.1 Å². The maximum atomic E-state index is 12.7. The smallest absolute Gasteiger partial charge is 0.341 e. The molecule has 1 aromatic carbocycles. The molecule has 3 N–H and O–H groups in total. The maximum Gasteiger partial charge on any atom is 0.341 e. The molecule has 0 spiro atoms. The Hall–Kier alpha value is -1.21. The van der Waals surface area contributed by atoms with E-state index >= 15 is 0 Å². The molecule has 0 aromatic heterocycles. The number of para-hydroxylation sites is 1. The second kappa shape index (κ2) is 6.99. The van der Waals surface area contributed by atoms with Crippen LogP contribution in [0.4, 0.5) is 14.5 Å². The van der Waals surface area contributed by atoms with Gasteiger partial charge >= 0.3 is 5.76 Å². The second-order valence-electron chi connectivity index (χ2n) is 5.01. The van der Waals surface area contributed by atoms with Gasteiger partial charge in [0.1, 0.15) is 0 Å². The van der Waals surface area contributed by atoms with Crippen molar-refractivity contribution in [1.82, 2.24) is 0 Å². The van der Waals surface area contributed by atoms with Crippen molar-refractivity contribution in [2.24, 2.45) is 11.7 Å². The Morgan fingerprint density at radius 1 is 1.25 bits per heavy atom. The minimum atomic E-state index is -4.63. The molecule has 0 saturated heterocycles. The van der Waals surface area contributed by atoms with Gasteiger partial charge in [0.2, 0.25) is 9.84 Å². The van der Waals surface area contributed by atoms with Crippen molar-refractivity contribution < 1.29 is 17.2 Å². The van der Waals surface area contributed by atoms with Gasteiger partial charge in [-0.2, -0.15) is 8.78 Å². The number of nitrogens with one attached hydrogen (secondary N) is 1. The molecule has 4 nitrogen and oxygen atoms in total. The first-order chi connectivity index (χ1) is 9.28. The maximum absolute atomic E-state index is 12.7. The first-order valence-corrected chi connectivity index (χ1v) is 7.91. The van der Waals surface area contributed by atoms with Crippen molar-refractivity contribution in [3.63, 3.8) is 0 Å². The molecule has 0 fully saturated rings. The van der Waals surface area contributed by atoms with Crippen LogP contribution >= 0.6 is 0 Å². The molecule has 0 aliphatic rings. The highest BCUT2D eigenvalue weighted by Crippen LogP contribution is 2.27. The molecule has 1 rings (SSSR count). The number of nitrogens with two attached hydrogens (primary N) is 1. The number of benzene rings is 1.